The van der Waals surface area contributed by atoms with E-state index in [0.717, 1.165) is 136 Å². The lowest BCUT2D eigenvalue weighted by Crippen LogP contribution is -2.39. The van der Waals surface area contributed by atoms with Gasteiger partial charge in [-0.15, -0.1) is 0 Å². The summed E-state index contributed by atoms with van der Waals surface area (Å²) < 4.78 is 47.4. The topological polar surface area (TPSA) is 64.6 Å². The van der Waals surface area contributed by atoms with Crippen LogP contribution in [0.4, 0.5) is 8.78 Å². The fraction of sp³-hybridized carbons (Fsp3) is 0.880. The van der Waals surface area contributed by atoms with Gasteiger partial charge in [-0.05, 0) is 114 Å². The predicted molar refractivity (Wildman–Crippen MR) is 236 cm³/mol. The van der Waals surface area contributed by atoms with E-state index in [2.05, 4.69) is 24.6 Å². The number of ether oxygens (including phenoxy) is 3. The Kier molecular flexibility index (Phi) is 33.4. The highest BCUT2D eigenvalue weighted by molar-refractivity contribution is 4.91. The van der Waals surface area contributed by atoms with Crippen molar-refractivity contribution in [3.63, 3.8) is 0 Å². The fourth-order valence-electron chi connectivity index (χ4n) is 9.18. The molecule has 0 spiro atoms. The number of hydrogen-bond donors (Lipinski definition) is 0. The van der Waals surface area contributed by atoms with Gasteiger partial charge in [0.1, 0.15) is 12.3 Å². The van der Waals surface area contributed by atoms with Crippen molar-refractivity contribution in [2.45, 2.75) is 212 Å². The molecule has 5 atom stereocenters. The molecular formula is C50H88F2O7. The average molecular weight is 839 g/mol. The molecule has 0 aromatic rings. The lowest BCUT2D eigenvalue weighted by molar-refractivity contribution is -0.261. The standard InChI is InChI=1S/C50H88F2O7/c1-6-42(3)58-56-40-25-17-12-20-31-49(55-39-24-16-11-10-15-23-38-54-37-22-14-9-8-13-21-36-53-5)46(28-19-18-26-41-57-59-43(4)7-2)44-32-34-45(35-33-44)47-29-27-30-48(51)50(47)52/h44-50H,1-2,8-41H2,3-5H3. The van der Waals surface area contributed by atoms with E-state index in [4.69, 9.17) is 33.8 Å². The summed E-state index contributed by atoms with van der Waals surface area (Å²) in [6.07, 6.45) is 28.0. The van der Waals surface area contributed by atoms with Crippen LogP contribution in [-0.4, -0.2) is 65.2 Å². The lowest BCUT2D eigenvalue weighted by Gasteiger charge is -2.42. The normalized spacial score (nSPS) is 21.7. The minimum absolute atomic E-state index is 0.109. The summed E-state index contributed by atoms with van der Waals surface area (Å²) >= 11 is 0. The van der Waals surface area contributed by atoms with E-state index in [1.54, 1.807) is 21.0 Å². The molecule has 0 aromatic heterocycles. The molecule has 0 aliphatic heterocycles. The number of alkyl halides is 2. The maximum Gasteiger partial charge on any atom is 0.180 e. The summed E-state index contributed by atoms with van der Waals surface area (Å²) in [5.74, 6) is 2.31. The van der Waals surface area contributed by atoms with Crippen molar-refractivity contribution in [3.8, 4) is 0 Å². The maximum absolute atomic E-state index is 15.0. The van der Waals surface area contributed by atoms with Crippen molar-refractivity contribution in [2.75, 3.05) is 46.8 Å². The summed E-state index contributed by atoms with van der Waals surface area (Å²) in [4.78, 5) is 21.0. The van der Waals surface area contributed by atoms with Gasteiger partial charge in [-0.1, -0.05) is 115 Å². The third kappa shape index (κ3) is 26.4. The number of unbranched alkanes of at least 4 members (excludes halogenated alkanes) is 15. The first-order valence-corrected chi connectivity index (χ1v) is 24.2. The van der Waals surface area contributed by atoms with Crippen LogP contribution in [0.15, 0.2) is 36.1 Å². The molecule has 7 nitrogen and oxygen atoms in total. The maximum atomic E-state index is 15.0. The van der Waals surface area contributed by atoms with E-state index in [9.17, 15) is 4.39 Å². The van der Waals surface area contributed by atoms with Crippen LogP contribution in [0.3, 0.4) is 0 Å². The Balaban J connectivity index is 1.86. The molecule has 0 bridgehead atoms. The second-order valence-corrected chi connectivity index (χ2v) is 17.5. The second-order valence-electron chi connectivity index (χ2n) is 17.5. The van der Waals surface area contributed by atoms with Gasteiger partial charge in [-0.3, -0.25) is 0 Å². The fourth-order valence-corrected chi connectivity index (χ4v) is 9.18. The van der Waals surface area contributed by atoms with Gasteiger partial charge in [0.15, 0.2) is 11.5 Å². The Hall–Kier alpha value is -1.70. The van der Waals surface area contributed by atoms with E-state index < -0.39 is 12.3 Å². The van der Waals surface area contributed by atoms with Crippen molar-refractivity contribution in [2.24, 2.45) is 23.7 Å². The molecule has 344 valence electrons. The number of rotatable bonds is 39. The Bertz CT molecular complexity index is 1090. The molecule has 59 heavy (non-hydrogen) atoms. The van der Waals surface area contributed by atoms with Crippen molar-refractivity contribution in [1.82, 2.24) is 0 Å². The summed E-state index contributed by atoms with van der Waals surface area (Å²) in [5, 5.41) is 0. The van der Waals surface area contributed by atoms with Crippen LogP contribution in [0.1, 0.15) is 194 Å². The van der Waals surface area contributed by atoms with Gasteiger partial charge in [0.25, 0.3) is 0 Å². The van der Waals surface area contributed by atoms with E-state index in [1.807, 2.05) is 0 Å². The van der Waals surface area contributed by atoms with E-state index in [0.29, 0.717) is 48.9 Å². The Labute approximate surface area is 360 Å². The molecule has 2 aliphatic carbocycles. The highest BCUT2D eigenvalue weighted by Crippen LogP contribution is 2.45. The van der Waals surface area contributed by atoms with Crippen LogP contribution in [0.25, 0.3) is 0 Å². The van der Waals surface area contributed by atoms with Gasteiger partial charge in [0.2, 0.25) is 0 Å². The first-order chi connectivity index (χ1) is 28.9. The molecule has 2 aliphatic rings. The Morgan fingerprint density at radius 1 is 0.559 bits per heavy atom. The van der Waals surface area contributed by atoms with Crippen LogP contribution in [0.2, 0.25) is 0 Å². The van der Waals surface area contributed by atoms with E-state index >= 15 is 4.39 Å². The quantitative estimate of drug-likeness (QED) is 0.0201. The third-order valence-electron chi connectivity index (χ3n) is 12.8. The Morgan fingerprint density at radius 2 is 1.03 bits per heavy atom. The summed E-state index contributed by atoms with van der Waals surface area (Å²) in [7, 11) is 1.78. The summed E-state index contributed by atoms with van der Waals surface area (Å²) in [5.41, 5.74) is 5.38. The van der Waals surface area contributed by atoms with Crippen LogP contribution >= 0.6 is 0 Å². The lowest BCUT2D eigenvalue weighted by atomic mass is 9.66. The molecule has 2 saturated carbocycles. The van der Waals surface area contributed by atoms with Crippen LogP contribution in [0.5, 0.6) is 0 Å². The molecule has 2 rings (SSSR count). The zero-order valence-corrected chi connectivity index (χ0v) is 38.1. The van der Waals surface area contributed by atoms with Crippen molar-refractivity contribution >= 4 is 0 Å². The van der Waals surface area contributed by atoms with Crippen LogP contribution in [-0.2, 0) is 33.8 Å². The minimum Gasteiger partial charge on any atom is -0.385 e. The monoisotopic (exact) mass is 839 g/mol. The zero-order chi connectivity index (χ0) is 42.6. The molecule has 5 unspecified atom stereocenters. The van der Waals surface area contributed by atoms with Gasteiger partial charge in [0, 0.05) is 47.4 Å². The van der Waals surface area contributed by atoms with Gasteiger partial charge in [0.05, 0.1) is 19.3 Å². The molecule has 0 aromatic carbocycles. The molecule has 0 amide bonds. The molecule has 0 N–H and O–H groups in total. The average Bonchev–Trinajstić information content (AvgIpc) is 3.25. The number of allylic oxidation sites excluding steroid dienone is 2. The highest BCUT2D eigenvalue weighted by Gasteiger charge is 2.41. The SMILES string of the molecule is C=C=C(C)OOCCCCCCC(OCCCCCCCCOCCCCCCCCOC)C(CCCCCOOC(C)=C=C)C1CCC(C2CCCC(F)C2F)CC1. The molecule has 0 radical (unpaired) electrons. The van der Waals surface area contributed by atoms with Gasteiger partial charge >= 0.3 is 0 Å². The summed E-state index contributed by atoms with van der Waals surface area (Å²) in [6.45, 7) is 15.3. The van der Waals surface area contributed by atoms with Gasteiger partial charge < -0.3 is 24.0 Å². The van der Waals surface area contributed by atoms with E-state index in [1.165, 1.54) is 64.2 Å². The minimum atomic E-state index is -1.29. The Morgan fingerprint density at radius 3 is 1.59 bits per heavy atom. The third-order valence-corrected chi connectivity index (χ3v) is 12.8. The van der Waals surface area contributed by atoms with E-state index in [-0.39, 0.29) is 12.0 Å². The molecular weight excluding hydrogens is 751 g/mol. The highest BCUT2D eigenvalue weighted by atomic mass is 19.2. The number of methoxy groups -OCH3 is 1. The van der Waals surface area contributed by atoms with Crippen molar-refractivity contribution < 1.29 is 42.5 Å². The molecule has 9 heteroatoms. The zero-order valence-electron chi connectivity index (χ0n) is 38.1. The van der Waals surface area contributed by atoms with Gasteiger partial charge in [-0.25, -0.2) is 8.78 Å². The van der Waals surface area contributed by atoms with Gasteiger partial charge in [-0.2, -0.15) is 9.78 Å². The number of hydrogen-bond acceptors (Lipinski definition) is 7. The molecule has 0 saturated heterocycles. The molecule has 0 heterocycles. The molecule has 2 fully saturated rings. The van der Waals surface area contributed by atoms with Crippen molar-refractivity contribution in [1.29, 1.82) is 0 Å². The number of halogens is 2. The summed E-state index contributed by atoms with van der Waals surface area (Å²) in [6, 6.07) is 0. The van der Waals surface area contributed by atoms with Crippen molar-refractivity contribution in [3.05, 3.63) is 36.1 Å². The second kappa shape index (κ2) is 36.9. The first kappa shape index (κ1) is 53.4. The van der Waals surface area contributed by atoms with Crippen LogP contribution < -0.4 is 0 Å². The largest absolute Gasteiger partial charge is 0.385 e. The first-order valence-electron chi connectivity index (χ1n) is 24.2. The smallest absolute Gasteiger partial charge is 0.180 e. The van der Waals surface area contributed by atoms with Crippen LogP contribution in [0, 0.1) is 23.7 Å². The predicted octanol–water partition coefficient (Wildman–Crippen LogP) is 14.4.